The third-order valence-corrected chi connectivity index (χ3v) is 2.16. The summed E-state index contributed by atoms with van der Waals surface area (Å²) in [6.07, 6.45) is 0. The van der Waals surface area contributed by atoms with Crippen molar-refractivity contribution < 1.29 is 0 Å². The van der Waals surface area contributed by atoms with Gasteiger partial charge in [-0.15, -0.1) is 0 Å². The highest BCUT2D eigenvalue weighted by Gasteiger charge is 2.08. The van der Waals surface area contributed by atoms with Gasteiger partial charge in [0.1, 0.15) is 5.84 Å². The van der Waals surface area contributed by atoms with Crippen molar-refractivity contribution in [1.29, 1.82) is 5.41 Å². The summed E-state index contributed by atoms with van der Waals surface area (Å²) >= 11 is 5.89. The normalized spacial score (nSPS) is 10.2. The van der Waals surface area contributed by atoms with E-state index in [1.807, 2.05) is 13.8 Å². The predicted octanol–water partition coefficient (Wildman–Crippen LogP) is 1.09. The number of hydrogen-bond acceptors (Lipinski definition) is 2. The molecule has 1 rings (SSSR count). The molecule has 0 bridgehead atoms. The van der Waals surface area contributed by atoms with Crippen LogP contribution in [0.1, 0.15) is 11.4 Å². The molecule has 1 aromatic heterocycles. The van der Waals surface area contributed by atoms with Crippen molar-refractivity contribution in [2.45, 2.75) is 20.4 Å². The van der Waals surface area contributed by atoms with Gasteiger partial charge in [-0.05, 0) is 13.8 Å². The molecule has 0 amide bonds. The smallest absolute Gasteiger partial charge is 0.113 e. The van der Waals surface area contributed by atoms with Gasteiger partial charge in [0.05, 0.1) is 23.0 Å². The first-order valence-corrected chi connectivity index (χ1v) is 3.92. The lowest BCUT2D eigenvalue weighted by molar-refractivity contribution is 0.687. The molecule has 0 aromatic carbocycles. The largest absolute Gasteiger partial charge is 0.386 e. The van der Waals surface area contributed by atoms with Gasteiger partial charge in [0.2, 0.25) is 0 Å². The van der Waals surface area contributed by atoms with E-state index >= 15 is 0 Å². The van der Waals surface area contributed by atoms with Crippen LogP contribution in [-0.2, 0) is 6.54 Å². The Morgan fingerprint density at radius 1 is 1.67 bits per heavy atom. The fraction of sp³-hybridized carbons (Fsp3) is 0.429. The predicted molar refractivity (Wildman–Crippen MR) is 48.6 cm³/mol. The van der Waals surface area contributed by atoms with E-state index in [2.05, 4.69) is 5.10 Å². The number of hydrogen-bond donors (Lipinski definition) is 2. The fourth-order valence-electron chi connectivity index (χ4n) is 0.990. The summed E-state index contributed by atoms with van der Waals surface area (Å²) in [7, 11) is 0. The molecule has 3 N–H and O–H groups in total. The lowest BCUT2D eigenvalue weighted by atomic mass is 10.4. The standard InChI is InChI=1S/C7H11ClN4/c1-4-7(8)5(2)12(11-4)3-6(9)10/h3H2,1-2H3,(H3,9,10). The van der Waals surface area contributed by atoms with Crippen LogP contribution in [0, 0.1) is 19.3 Å². The minimum Gasteiger partial charge on any atom is -0.386 e. The van der Waals surface area contributed by atoms with Gasteiger partial charge < -0.3 is 5.73 Å². The molecule has 0 atom stereocenters. The van der Waals surface area contributed by atoms with E-state index in [0.29, 0.717) is 11.6 Å². The number of rotatable bonds is 2. The van der Waals surface area contributed by atoms with Crippen LogP contribution in [0.25, 0.3) is 0 Å². The Kier molecular flexibility index (Phi) is 2.38. The SMILES string of the molecule is Cc1nn(CC(=N)N)c(C)c1Cl. The van der Waals surface area contributed by atoms with Crippen LogP contribution in [0.3, 0.4) is 0 Å². The highest BCUT2D eigenvalue weighted by Crippen LogP contribution is 2.18. The Morgan fingerprint density at radius 2 is 2.25 bits per heavy atom. The molecule has 0 aliphatic carbocycles. The Balaban J connectivity index is 3.01. The second kappa shape index (κ2) is 3.15. The molecule has 0 radical (unpaired) electrons. The van der Waals surface area contributed by atoms with Gasteiger partial charge in [0.25, 0.3) is 0 Å². The van der Waals surface area contributed by atoms with Crippen LogP contribution >= 0.6 is 11.6 Å². The molecule has 1 aromatic rings. The van der Waals surface area contributed by atoms with E-state index in [4.69, 9.17) is 22.7 Å². The van der Waals surface area contributed by atoms with E-state index in [-0.39, 0.29) is 5.84 Å². The maximum Gasteiger partial charge on any atom is 0.113 e. The summed E-state index contributed by atoms with van der Waals surface area (Å²) < 4.78 is 1.62. The van der Waals surface area contributed by atoms with Crippen molar-refractivity contribution in [3.05, 3.63) is 16.4 Å². The zero-order valence-electron chi connectivity index (χ0n) is 7.06. The molecule has 5 heteroatoms. The molecule has 0 unspecified atom stereocenters. The molecule has 66 valence electrons. The lowest BCUT2D eigenvalue weighted by Gasteiger charge is -2.00. The molecule has 12 heavy (non-hydrogen) atoms. The second-order valence-electron chi connectivity index (χ2n) is 2.67. The average Bonchev–Trinajstić information content (AvgIpc) is 2.17. The van der Waals surface area contributed by atoms with Gasteiger partial charge in [-0.2, -0.15) is 5.10 Å². The maximum atomic E-state index is 7.08. The van der Waals surface area contributed by atoms with Gasteiger partial charge in [-0.3, -0.25) is 10.1 Å². The fourth-order valence-corrected chi connectivity index (χ4v) is 1.13. The first-order valence-electron chi connectivity index (χ1n) is 3.54. The van der Waals surface area contributed by atoms with Gasteiger partial charge in [-0.1, -0.05) is 11.6 Å². The van der Waals surface area contributed by atoms with E-state index < -0.39 is 0 Å². The van der Waals surface area contributed by atoms with Crippen molar-refractivity contribution in [1.82, 2.24) is 9.78 Å². The highest BCUT2D eigenvalue weighted by atomic mass is 35.5. The molecule has 1 heterocycles. The average molecular weight is 187 g/mol. The Labute approximate surface area is 75.8 Å². The molecule has 4 nitrogen and oxygen atoms in total. The summed E-state index contributed by atoms with van der Waals surface area (Å²) in [6.45, 7) is 3.98. The first kappa shape index (κ1) is 9.06. The molecule has 0 aliphatic heterocycles. The minimum atomic E-state index is 0.0808. The third-order valence-electron chi connectivity index (χ3n) is 1.61. The number of nitrogens with one attached hydrogen (secondary N) is 1. The number of aromatic nitrogens is 2. The van der Waals surface area contributed by atoms with E-state index in [1.165, 1.54) is 0 Å². The number of nitrogens with two attached hydrogens (primary N) is 1. The summed E-state index contributed by atoms with van der Waals surface area (Å²) in [4.78, 5) is 0. The summed E-state index contributed by atoms with van der Waals surface area (Å²) in [5.74, 6) is 0.0808. The molecule has 0 fully saturated rings. The van der Waals surface area contributed by atoms with Gasteiger partial charge >= 0.3 is 0 Å². The molecule has 0 saturated heterocycles. The molecule has 0 aliphatic rings. The monoisotopic (exact) mass is 186 g/mol. The van der Waals surface area contributed by atoms with Crippen molar-refractivity contribution in [2.24, 2.45) is 5.73 Å². The molecular weight excluding hydrogens is 176 g/mol. The minimum absolute atomic E-state index is 0.0808. The second-order valence-corrected chi connectivity index (χ2v) is 3.05. The number of amidine groups is 1. The topological polar surface area (TPSA) is 67.7 Å². The molecule has 0 spiro atoms. The Hall–Kier alpha value is -1.03. The molecular formula is C7H11ClN4. The van der Waals surface area contributed by atoms with Crippen LogP contribution in [0.15, 0.2) is 0 Å². The van der Waals surface area contributed by atoms with Crippen LogP contribution in [-0.4, -0.2) is 15.6 Å². The quantitative estimate of drug-likeness (QED) is 0.536. The Bertz CT molecular complexity index is 315. The van der Waals surface area contributed by atoms with Gasteiger partial charge in [0, 0.05) is 0 Å². The number of nitrogens with zero attached hydrogens (tertiary/aromatic N) is 2. The lowest BCUT2D eigenvalue weighted by Crippen LogP contribution is -2.19. The maximum absolute atomic E-state index is 7.08. The summed E-state index contributed by atoms with van der Waals surface area (Å²) in [6, 6.07) is 0. The summed E-state index contributed by atoms with van der Waals surface area (Å²) in [5.41, 5.74) is 6.86. The van der Waals surface area contributed by atoms with E-state index in [1.54, 1.807) is 4.68 Å². The van der Waals surface area contributed by atoms with E-state index in [9.17, 15) is 0 Å². The van der Waals surface area contributed by atoms with E-state index in [0.717, 1.165) is 11.4 Å². The Morgan fingerprint density at radius 3 is 2.58 bits per heavy atom. The van der Waals surface area contributed by atoms with Gasteiger partial charge in [0.15, 0.2) is 0 Å². The zero-order valence-corrected chi connectivity index (χ0v) is 7.81. The highest BCUT2D eigenvalue weighted by molar-refractivity contribution is 6.31. The van der Waals surface area contributed by atoms with Crippen molar-refractivity contribution in [2.75, 3.05) is 0 Å². The van der Waals surface area contributed by atoms with Crippen LogP contribution < -0.4 is 5.73 Å². The number of halogens is 1. The van der Waals surface area contributed by atoms with Crippen LogP contribution in [0.5, 0.6) is 0 Å². The number of aryl methyl sites for hydroxylation is 1. The van der Waals surface area contributed by atoms with Gasteiger partial charge in [-0.25, -0.2) is 0 Å². The van der Waals surface area contributed by atoms with Crippen molar-refractivity contribution in [3.8, 4) is 0 Å². The zero-order chi connectivity index (χ0) is 9.30. The van der Waals surface area contributed by atoms with Crippen molar-refractivity contribution >= 4 is 17.4 Å². The molecule has 0 saturated carbocycles. The summed E-state index contributed by atoms with van der Waals surface area (Å²) in [5, 5.41) is 11.8. The first-order chi connectivity index (χ1) is 5.52. The van der Waals surface area contributed by atoms with Crippen LogP contribution in [0.4, 0.5) is 0 Å². The van der Waals surface area contributed by atoms with Crippen LogP contribution in [0.2, 0.25) is 5.02 Å². The van der Waals surface area contributed by atoms with Crippen molar-refractivity contribution in [3.63, 3.8) is 0 Å². The third kappa shape index (κ3) is 1.58.